The summed E-state index contributed by atoms with van der Waals surface area (Å²) < 4.78 is 0. The Bertz CT molecular complexity index is 305. The molecule has 4 heteroatoms. The van der Waals surface area contributed by atoms with Crippen molar-refractivity contribution in [3.63, 3.8) is 0 Å². The summed E-state index contributed by atoms with van der Waals surface area (Å²) in [7, 11) is 0. The summed E-state index contributed by atoms with van der Waals surface area (Å²) in [6.07, 6.45) is 9.83. The fourth-order valence-electron chi connectivity index (χ4n) is 4.09. The average Bonchev–Trinajstić information content (AvgIpc) is 2.26. The van der Waals surface area contributed by atoms with Gasteiger partial charge in [0.15, 0.2) is 0 Å². The average molecular weight is 287 g/mol. The first-order chi connectivity index (χ1) is 8.74. The topological polar surface area (TPSA) is 55.1 Å². The molecule has 3 saturated carbocycles. The third kappa shape index (κ3) is 3.25. The molecule has 0 spiro atoms. The van der Waals surface area contributed by atoms with Crippen molar-refractivity contribution in [2.24, 2.45) is 29.4 Å². The maximum Gasteiger partial charge on any atom is 0.223 e. The lowest BCUT2D eigenvalue weighted by atomic mass is 9.65. The number of hydrogen-bond acceptors (Lipinski definition) is 2. The zero-order chi connectivity index (χ0) is 12.5. The van der Waals surface area contributed by atoms with Crippen LogP contribution >= 0.6 is 12.4 Å². The van der Waals surface area contributed by atoms with E-state index in [2.05, 4.69) is 5.32 Å². The molecule has 0 aromatic heterocycles. The molecule has 2 bridgehead atoms. The molecule has 0 radical (unpaired) electrons. The molecule has 1 amide bonds. The van der Waals surface area contributed by atoms with Gasteiger partial charge in [0, 0.05) is 18.5 Å². The fourth-order valence-corrected chi connectivity index (χ4v) is 4.09. The largest absolute Gasteiger partial charge is 0.356 e. The number of hydrogen-bond donors (Lipinski definition) is 2. The fraction of sp³-hybridized carbons (Fsp3) is 0.933. The Balaban J connectivity index is 0.00000133. The van der Waals surface area contributed by atoms with E-state index < -0.39 is 0 Å². The normalized spacial score (nSPS) is 37.9. The molecule has 0 aromatic carbocycles. The Labute approximate surface area is 122 Å². The van der Waals surface area contributed by atoms with Gasteiger partial charge < -0.3 is 11.1 Å². The van der Waals surface area contributed by atoms with Crippen molar-refractivity contribution in [3.05, 3.63) is 0 Å². The van der Waals surface area contributed by atoms with Gasteiger partial charge >= 0.3 is 0 Å². The number of amides is 1. The second-order valence-electron chi connectivity index (χ2n) is 6.74. The number of halogens is 1. The molecule has 2 unspecified atom stereocenters. The monoisotopic (exact) mass is 286 g/mol. The Hall–Kier alpha value is -0.280. The highest BCUT2D eigenvalue weighted by Crippen LogP contribution is 2.41. The highest BCUT2D eigenvalue weighted by molar-refractivity contribution is 5.85. The number of nitrogens with two attached hydrogens (primary N) is 1. The zero-order valence-corrected chi connectivity index (χ0v) is 12.5. The Morgan fingerprint density at radius 1 is 1.05 bits per heavy atom. The van der Waals surface area contributed by atoms with Gasteiger partial charge in [-0.15, -0.1) is 12.4 Å². The van der Waals surface area contributed by atoms with Crippen LogP contribution in [0.25, 0.3) is 0 Å². The molecule has 0 aromatic rings. The van der Waals surface area contributed by atoms with Crippen LogP contribution in [0, 0.1) is 23.7 Å². The second-order valence-corrected chi connectivity index (χ2v) is 6.74. The molecule has 3 fully saturated rings. The molecule has 19 heavy (non-hydrogen) atoms. The van der Waals surface area contributed by atoms with E-state index >= 15 is 0 Å². The van der Waals surface area contributed by atoms with E-state index in [-0.39, 0.29) is 18.3 Å². The minimum absolute atomic E-state index is 0. The van der Waals surface area contributed by atoms with E-state index in [0.717, 1.165) is 25.3 Å². The molecule has 3 aliphatic rings. The molecular weight excluding hydrogens is 260 g/mol. The number of rotatable bonds is 3. The maximum absolute atomic E-state index is 12.2. The quantitative estimate of drug-likeness (QED) is 0.837. The van der Waals surface area contributed by atoms with Crippen LogP contribution in [0.5, 0.6) is 0 Å². The first-order valence-corrected chi connectivity index (χ1v) is 7.77. The minimum Gasteiger partial charge on any atom is -0.356 e. The number of nitrogens with one attached hydrogen (secondary N) is 1. The lowest BCUT2D eigenvalue weighted by Gasteiger charge is -2.43. The summed E-state index contributed by atoms with van der Waals surface area (Å²) >= 11 is 0. The van der Waals surface area contributed by atoms with Crippen LogP contribution in [0.3, 0.4) is 0 Å². The van der Waals surface area contributed by atoms with Crippen LogP contribution in [-0.2, 0) is 4.79 Å². The van der Waals surface area contributed by atoms with Crippen molar-refractivity contribution in [1.29, 1.82) is 0 Å². The highest BCUT2D eigenvalue weighted by Gasteiger charge is 2.40. The SMILES string of the molecule is Cl.NC1C2CCCC1CC(C(=O)NCC1CCC1)C2. The Morgan fingerprint density at radius 2 is 1.63 bits per heavy atom. The number of carbonyl (C=O) groups is 1. The van der Waals surface area contributed by atoms with Crippen LogP contribution < -0.4 is 11.1 Å². The molecule has 110 valence electrons. The Morgan fingerprint density at radius 3 is 2.16 bits per heavy atom. The van der Waals surface area contributed by atoms with Gasteiger partial charge in [0.1, 0.15) is 0 Å². The standard InChI is InChI=1S/C15H26N2O.ClH/c16-14-11-5-2-6-12(14)8-13(7-11)15(18)17-9-10-3-1-4-10;/h10-14H,1-9,16H2,(H,17,18);1H. The molecular formula is C15H27ClN2O. The summed E-state index contributed by atoms with van der Waals surface area (Å²) in [5.74, 6) is 2.54. The summed E-state index contributed by atoms with van der Waals surface area (Å²) in [6.45, 7) is 0.913. The van der Waals surface area contributed by atoms with Crippen LogP contribution in [0.15, 0.2) is 0 Å². The van der Waals surface area contributed by atoms with Gasteiger partial charge in [-0.05, 0) is 56.3 Å². The van der Waals surface area contributed by atoms with Crippen molar-refractivity contribution in [2.75, 3.05) is 6.54 Å². The van der Waals surface area contributed by atoms with Crippen molar-refractivity contribution in [3.8, 4) is 0 Å². The highest BCUT2D eigenvalue weighted by atomic mass is 35.5. The summed E-state index contributed by atoms with van der Waals surface area (Å²) in [5, 5.41) is 3.18. The summed E-state index contributed by atoms with van der Waals surface area (Å²) in [4.78, 5) is 12.2. The smallest absolute Gasteiger partial charge is 0.223 e. The molecule has 2 atom stereocenters. The minimum atomic E-state index is 0. The van der Waals surface area contributed by atoms with E-state index in [1.807, 2.05) is 0 Å². The van der Waals surface area contributed by atoms with Crippen LogP contribution in [0.4, 0.5) is 0 Å². The molecule has 3 nitrogen and oxygen atoms in total. The van der Waals surface area contributed by atoms with Crippen molar-refractivity contribution in [1.82, 2.24) is 5.32 Å². The van der Waals surface area contributed by atoms with E-state index in [1.165, 1.54) is 38.5 Å². The molecule has 3 N–H and O–H groups in total. The van der Waals surface area contributed by atoms with E-state index in [4.69, 9.17) is 5.73 Å². The van der Waals surface area contributed by atoms with E-state index in [0.29, 0.717) is 23.8 Å². The summed E-state index contributed by atoms with van der Waals surface area (Å²) in [6, 6.07) is 0.370. The number of fused-ring (bicyclic) bond motifs is 2. The van der Waals surface area contributed by atoms with Gasteiger partial charge in [-0.3, -0.25) is 4.79 Å². The van der Waals surface area contributed by atoms with Crippen LogP contribution in [0.1, 0.15) is 51.4 Å². The predicted octanol–water partition coefficient (Wildman–Crippen LogP) is 2.48. The first-order valence-electron chi connectivity index (χ1n) is 7.77. The van der Waals surface area contributed by atoms with E-state index in [9.17, 15) is 4.79 Å². The third-order valence-corrected chi connectivity index (χ3v) is 5.57. The van der Waals surface area contributed by atoms with Crippen LogP contribution in [-0.4, -0.2) is 18.5 Å². The van der Waals surface area contributed by atoms with Crippen LogP contribution in [0.2, 0.25) is 0 Å². The van der Waals surface area contributed by atoms with E-state index in [1.54, 1.807) is 0 Å². The van der Waals surface area contributed by atoms with Crippen molar-refractivity contribution >= 4 is 18.3 Å². The third-order valence-electron chi connectivity index (χ3n) is 5.57. The van der Waals surface area contributed by atoms with Gasteiger partial charge in [-0.1, -0.05) is 12.8 Å². The first kappa shape index (κ1) is 15.1. The predicted molar refractivity (Wildman–Crippen MR) is 79.1 cm³/mol. The molecule has 0 aliphatic heterocycles. The van der Waals surface area contributed by atoms with Gasteiger partial charge in [0.05, 0.1) is 0 Å². The summed E-state index contributed by atoms with van der Waals surface area (Å²) in [5.41, 5.74) is 6.27. The maximum atomic E-state index is 12.2. The molecule has 3 aliphatic carbocycles. The molecule has 3 rings (SSSR count). The zero-order valence-electron chi connectivity index (χ0n) is 11.6. The Kier molecular flexibility index (Phi) is 5.13. The second kappa shape index (κ2) is 6.45. The van der Waals surface area contributed by atoms with Gasteiger partial charge in [-0.2, -0.15) is 0 Å². The number of carbonyl (C=O) groups excluding carboxylic acids is 1. The van der Waals surface area contributed by atoms with Gasteiger partial charge in [0.25, 0.3) is 0 Å². The van der Waals surface area contributed by atoms with Gasteiger partial charge in [-0.25, -0.2) is 0 Å². The van der Waals surface area contributed by atoms with Crippen molar-refractivity contribution in [2.45, 2.75) is 57.4 Å². The lowest BCUT2D eigenvalue weighted by Crippen LogP contribution is -2.49. The molecule has 0 heterocycles. The van der Waals surface area contributed by atoms with Crippen molar-refractivity contribution < 1.29 is 4.79 Å². The lowest BCUT2D eigenvalue weighted by molar-refractivity contribution is -0.128. The van der Waals surface area contributed by atoms with Gasteiger partial charge in [0.2, 0.25) is 5.91 Å². The molecule has 0 saturated heterocycles.